The van der Waals surface area contributed by atoms with Gasteiger partial charge in [0.25, 0.3) is 0 Å². The lowest BCUT2D eigenvalue weighted by molar-refractivity contribution is -0.125. The van der Waals surface area contributed by atoms with E-state index >= 15 is 0 Å². The molecule has 1 N–H and O–H groups in total. The Morgan fingerprint density at radius 1 is 1.42 bits per heavy atom. The van der Waals surface area contributed by atoms with E-state index in [1.807, 2.05) is 6.92 Å². The van der Waals surface area contributed by atoms with E-state index in [2.05, 4.69) is 4.98 Å². The lowest BCUT2D eigenvalue weighted by Gasteiger charge is -2.13. The molecule has 136 valence electrons. The van der Waals surface area contributed by atoms with Crippen LogP contribution in [0.2, 0.25) is 0 Å². The van der Waals surface area contributed by atoms with E-state index in [0.29, 0.717) is 24.4 Å². The molecule has 1 aliphatic rings. The van der Waals surface area contributed by atoms with Crippen LogP contribution in [0.4, 0.5) is 4.39 Å². The molecular weight excluding hydrogens is 335 g/mol. The summed E-state index contributed by atoms with van der Waals surface area (Å²) in [6.07, 6.45) is 6.12. The van der Waals surface area contributed by atoms with Crippen LogP contribution >= 0.6 is 0 Å². The van der Waals surface area contributed by atoms with Gasteiger partial charge in [0.15, 0.2) is 11.6 Å². The van der Waals surface area contributed by atoms with Crippen molar-refractivity contribution in [1.29, 1.82) is 0 Å². The maximum atomic E-state index is 14.2. The first-order valence-electron chi connectivity index (χ1n) is 8.52. The van der Waals surface area contributed by atoms with Crippen molar-refractivity contribution in [3.8, 4) is 11.5 Å². The van der Waals surface area contributed by atoms with E-state index in [1.165, 1.54) is 24.4 Å². The van der Waals surface area contributed by atoms with Crippen LogP contribution in [-0.2, 0) is 4.79 Å². The number of nitrogens with zero attached hydrogens (tertiary/aromatic N) is 2. The van der Waals surface area contributed by atoms with Crippen molar-refractivity contribution in [3.05, 3.63) is 60.2 Å². The molecule has 1 aromatic carbocycles. The van der Waals surface area contributed by atoms with E-state index in [4.69, 9.17) is 4.74 Å². The predicted octanol–water partition coefficient (Wildman–Crippen LogP) is 3.11. The molecule has 0 saturated carbocycles. The van der Waals surface area contributed by atoms with Gasteiger partial charge >= 0.3 is 0 Å². The van der Waals surface area contributed by atoms with Gasteiger partial charge in [-0.05, 0) is 41.8 Å². The Kier molecular flexibility index (Phi) is 5.63. The van der Waals surface area contributed by atoms with Crippen LogP contribution in [-0.4, -0.2) is 40.6 Å². The molecule has 2 atom stereocenters. The lowest BCUT2D eigenvalue weighted by Crippen LogP contribution is -2.27. The van der Waals surface area contributed by atoms with Crippen LogP contribution in [0.3, 0.4) is 0 Å². The number of aliphatic hydroxyl groups excluding tert-OH is 1. The SMILES string of the molecule is C[C@@H]1CN(C(=O)/C=C/c2ccc(Oc3cccnc3)c(F)c2)C[C@H]1CO. The van der Waals surface area contributed by atoms with Crippen LogP contribution in [0.15, 0.2) is 48.8 Å². The van der Waals surface area contributed by atoms with Crippen molar-refractivity contribution >= 4 is 12.0 Å². The first-order valence-corrected chi connectivity index (χ1v) is 8.52. The lowest BCUT2D eigenvalue weighted by atomic mass is 10.00. The van der Waals surface area contributed by atoms with Crippen molar-refractivity contribution in [2.24, 2.45) is 11.8 Å². The summed E-state index contributed by atoms with van der Waals surface area (Å²) in [6, 6.07) is 7.92. The minimum atomic E-state index is -0.515. The molecule has 5 nitrogen and oxygen atoms in total. The second kappa shape index (κ2) is 8.10. The molecule has 0 unspecified atom stereocenters. The number of ether oxygens (including phenoxy) is 1. The Hall–Kier alpha value is -2.73. The van der Waals surface area contributed by atoms with Gasteiger partial charge in [-0.2, -0.15) is 0 Å². The first-order chi connectivity index (χ1) is 12.6. The molecule has 1 amide bonds. The van der Waals surface area contributed by atoms with Gasteiger partial charge in [-0.15, -0.1) is 0 Å². The third kappa shape index (κ3) is 4.26. The van der Waals surface area contributed by atoms with Crippen LogP contribution in [0, 0.1) is 17.7 Å². The van der Waals surface area contributed by atoms with E-state index in [0.717, 1.165) is 0 Å². The maximum absolute atomic E-state index is 14.2. The Morgan fingerprint density at radius 3 is 2.92 bits per heavy atom. The minimum Gasteiger partial charge on any atom is -0.453 e. The summed E-state index contributed by atoms with van der Waals surface area (Å²) in [6.45, 7) is 3.28. The molecule has 2 heterocycles. The molecule has 0 spiro atoms. The Balaban J connectivity index is 1.64. The van der Waals surface area contributed by atoms with Crippen molar-refractivity contribution in [1.82, 2.24) is 9.88 Å². The molecule has 26 heavy (non-hydrogen) atoms. The van der Waals surface area contributed by atoms with Gasteiger partial charge in [0.1, 0.15) is 5.75 Å². The van der Waals surface area contributed by atoms with E-state index in [1.54, 1.807) is 35.4 Å². The number of carbonyl (C=O) groups is 1. The second-order valence-electron chi connectivity index (χ2n) is 6.48. The van der Waals surface area contributed by atoms with Gasteiger partial charge in [0, 0.05) is 37.9 Å². The van der Waals surface area contributed by atoms with Crippen LogP contribution in [0.1, 0.15) is 12.5 Å². The summed E-state index contributed by atoms with van der Waals surface area (Å²) in [5, 5.41) is 9.29. The van der Waals surface area contributed by atoms with Crippen molar-refractivity contribution in [2.45, 2.75) is 6.92 Å². The Bertz CT molecular complexity index is 795. The van der Waals surface area contributed by atoms with Gasteiger partial charge in [-0.25, -0.2) is 4.39 Å². The van der Waals surface area contributed by atoms with Crippen molar-refractivity contribution < 1.29 is 19.0 Å². The van der Waals surface area contributed by atoms with Crippen molar-refractivity contribution in [2.75, 3.05) is 19.7 Å². The van der Waals surface area contributed by atoms with Gasteiger partial charge in [0.2, 0.25) is 5.91 Å². The fourth-order valence-electron chi connectivity index (χ4n) is 2.96. The summed E-state index contributed by atoms with van der Waals surface area (Å²) >= 11 is 0. The average Bonchev–Trinajstić information content (AvgIpc) is 3.03. The largest absolute Gasteiger partial charge is 0.453 e. The summed E-state index contributed by atoms with van der Waals surface area (Å²) < 4.78 is 19.7. The topological polar surface area (TPSA) is 62.7 Å². The smallest absolute Gasteiger partial charge is 0.246 e. The third-order valence-corrected chi connectivity index (χ3v) is 4.55. The molecule has 1 fully saturated rings. The number of hydrogen-bond donors (Lipinski definition) is 1. The molecular formula is C20H21FN2O3. The number of carbonyl (C=O) groups excluding carboxylic acids is 1. The highest BCUT2D eigenvalue weighted by Crippen LogP contribution is 2.25. The normalized spacial score (nSPS) is 19.9. The number of likely N-dealkylation sites (tertiary alicyclic amines) is 1. The zero-order valence-corrected chi connectivity index (χ0v) is 14.5. The number of amides is 1. The molecule has 1 saturated heterocycles. The third-order valence-electron chi connectivity index (χ3n) is 4.55. The predicted molar refractivity (Wildman–Crippen MR) is 96.1 cm³/mol. The number of hydrogen-bond acceptors (Lipinski definition) is 4. The summed E-state index contributed by atoms with van der Waals surface area (Å²) in [7, 11) is 0. The quantitative estimate of drug-likeness (QED) is 0.836. The fourth-order valence-corrected chi connectivity index (χ4v) is 2.96. The van der Waals surface area contributed by atoms with Gasteiger partial charge in [0.05, 0.1) is 6.20 Å². The number of benzene rings is 1. The second-order valence-corrected chi connectivity index (χ2v) is 6.48. The van der Waals surface area contributed by atoms with Crippen molar-refractivity contribution in [3.63, 3.8) is 0 Å². The molecule has 1 aromatic heterocycles. The minimum absolute atomic E-state index is 0.0816. The summed E-state index contributed by atoms with van der Waals surface area (Å²) in [5.41, 5.74) is 0.570. The maximum Gasteiger partial charge on any atom is 0.246 e. The zero-order chi connectivity index (χ0) is 18.5. The van der Waals surface area contributed by atoms with E-state index < -0.39 is 5.82 Å². The molecule has 2 aromatic rings. The molecule has 1 aliphatic heterocycles. The fraction of sp³-hybridized carbons (Fsp3) is 0.300. The van der Waals surface area contributed by atoms with E-state index in [9.17, 15) is 14.3 Å². The van der Waals surface area contributed by atoms with Crippen LogP contribution in [0.5, 0.6) is 11.5 Å². The van der Waals surface area contributed by atoms with Crippen LogP contribution < -0.4 is 4.74 Å². The number of pyridine rings is 1. The van der Waals surface area contributed by atoms with Gasteiger partial charge in [-0.1, -0.05) is 13.0 Å². The van der Waals surface area contributed by atoms with Gasteiger partial charge < -0.3 is 14.7 Å². The number of aromatic nitrogens is 1. The highest BCUT2D eigenvalue weighted by molar-refractivity contribution is 5.92. The first kappa shape index (κ1) is 18.1. The molecule has 3 rings (SSSR count). The highest BCUT2D eigenvalue weighted by Gasteiger charge is 2.30. The average molecular weight is 356 g/mol. The number of aliphatic hydroxyl groups is 1. The summed E-state index contributed by atoms with van der Waals surface area (Å²) in [4.78, 5) is 17.9. The van der Waals surface area contributed by atoms with Crippen LogP contribution in [0.25, 0.3) is 6.08 Å². The number of rotatable bonds is 5. The Morgan fingerprint density at radius 2 is 2.27 bits per heavy atom. The number of halogens is 1. The molecule has 6 heteroatoms. The van der Waals surface area contributed by atoms with Gasteiger partial charge in [-0.3, -0.25) is 9.78 Å². The Labute approximate surface area is 151 Å². The highest BCUT2D eigenvalue weighted by atomic mass is 19.1. The monoisotopic (exact) mass is 356 g/mol. The standard InChI is InChI=1S/C20H21FN2O3/c1-14-11-23(12-16(14)13-24)20(25)7-5-15-4-6-19(18(21)9-15)26-17-3-2-8-22-10-17/h2-10,14,16,24H,11-13H2,1H3/b7-5+/t14-,16+/m1/s1. The van der Waals surface area contributed by atoms with E-state index in [-0.39, 0.29) is 30.1 Å². The molecule has 0 radical (unpaired) electrons. The zero-order valence-electron chi connectivity index (χ0n) is 14.5. The molecule has 0 aliphatic carbocycles. The molecule has 0 bridgehead atoms. The summed E-state index contributed by atoms with van der Waals surface area (Å²) in [5.74, 6) is 0.294.